The number of nitrogens with one attached hydrogen (secondary N) is 2. The number of carbonyl (C=O) groups is 1. The van der Waals surface area contributed by atoms with Gasteiger partial charge >= 0.3 is 0 Å². The van der Waals surface area contributed by atoms with Crippen LogP contribution < -0.4 is 10.6 Å². The van der Waals surface area contributed by atoms with E-state index >= 15 is 0 Å². The van der Waals surface area contributed by atoms with Crippen LogP contribution in [0, 0.1) is 5.92 Å². The van der Waals surface area contributed by atoms with Gasteiger partial charge in [-0.25, -0.2) is 0 Å². The topological polar surface area (TPSA) is 44.4 Å². The highest BCUT2D eigenvalue weighted by atomic mass is 16.1. The summed E-state index contributed by atoms with van der Waals surface area (Å²) in [5, 5.41) is 6.19. The average molecular weight is 303 g/mol. The monoisotopic (exact) mass is 303 g/mol. The Morgan fingerprint density at radius 3 is 2.82 bits per heavy atom. The second kappa shape index (κ2) is 8.91. The van der Waals surface area contributed by atoms with Crippen molar-refractivity contribution in [3.05, 3.63) is 35.9 Å². The second-order valence-corrected chi connectivity index (χ2v) is 6.31. The fourth-order valence-corrected chi connectivity index (χ4v) is 3.11. The van der Waals surface area contributed by atoms with E-state index in [1.807, 2.05) is 14.0 Å². The van der Waals surface area contributed by atoms with Gasteiger partial charge < -0.3 is 10.6 Å². The maximum absolute atomic E-state index is 12.1. The van der Waals surface area contributed by atoms with Gasteiger partial charge in [0.2, 0.25) is 5.91 Å². The molecule has 1 amide bonds. The van der Waals surface area contributed by atoms with Gasteiger partial charge in [-0.2, -0.15) is 0 Å². The molecule has 22 heavy (non-hydrogen) atoms. The van der Waals surface area contributed by atoms with E-state index in [0.29, 0.717) is 6.04 Å². The molecule has 2 rings (SSSR count). The van der Waals surface area contributed by atoms with E-state index < -0.39 is 0 Å². The molecule has 2 atom stereocenters. The van der Waals surface area contributed by atoms with Crippen molar-refractivity contribution in [2.75, 3.05) is 26.7 Å². The number of rotatable bonds is 7. The standard InChI is InChI=1S/C18H29N3O/c1-15(12-19-2)18(22)20-13-17-10-6-7-11-21(17)14-16-8-4-3-5-9-16/h3-5,8-9,15,17,19H,6-7,10-14H2,1-2H3,(H,20,22). The smallest absolute Gasteiger partial charge is 0.224 e. The van der Waals surface area contributed by atoms with Crippen molar-refractivity contribution in [2.45, 2.75) is 38.8 Å². The van der Waals surface area contributed by atoms with E-state index in [2.05, 4.69) is 45.9 Å². The SMILES string of the molecule is CNCC(C)C(=O)NCC1CCCCN1Cc1ccccc1. The Morgan fingerprint density at radius 2 is 2.09 bits per heavy atom. The van der Waals surface area contributed by atoms with Gasteiger partial charge in [0.1, 0.15) is 0 Å². The number of piperidine rings is 1. The van der Waals surface area contributed by atoms with Crippen LogP contribution in [-0.4, -0.2) is 43.5 Å². The number of hydrogen-bond acceptors (Lipinski definition) is 3. The van der Waals surface area contributed by atoms with Crippen molar-refractivity contribution in [3.63, 3.8) is 0 Å². The molecule has 1 aliphatic heterocycles. The minimum absolute atomic E-state index is 0.0242. The van der Waals surface area contributed by atoms with E-state index in [1.54, 1.807) is 0 Å². The van der Waals surface area contributed by atoms with Crippen LogP contribution in [0.3, 0.4) is 0 Å². The predicted octanol–water partition coefficient (Wildman–Crippen LogP) is 2.01. The van der Waals surface area contributed by atoms with E-state index in [-0.39, 0.29) is 11.8 Å². The zero-order chi connectivity index (χ0) is 15.8. The van der Waals surface area contributed by atoms with Crippen molar-refractivity contribution in [3.8, 4) is 0 Å². The van der Waals surface area contributed by atoms with Crippen molar-refractivity contribution >= 4 is 5.91 Å². The van der Waals surface area contributed by atoms with E-state index in [9.17, 15) is 4.79 Å². The van der Waals surface area contributed by atoms with Crippen LogP contribution >= 0.6 is 0 Å². The third kappa shape index (κ3) is 5.11. The molecule has 4 heteroatoms. The van der Waals surface area contributed by atoms with Crippen molar-refractivity contribution < 1.29 is 4.79 Å². The molecule has 0 spiro atoms. The molecule has 2 unspecified atom stereocenters. The van der Waals surface area contributed by atoms with Gasteiger partial charge in [-0.1, -0.05) is 43.7 Å². The molecule has 122 valence electrons. The van der Waals surface area contributed by atoms with Crippen molar-refractivity contribution in [1.29, 1.82) is 0 Å². The van der Waals surface area contributed by atoms with Gasteiger partial charge in [-0.05, 0) is 32.0 Å². The molecule has 1 heterocycles. The Kier molecular flexibility index (Phi) is 6.87. The Labute approximate surface area is 134 Å². The molecule has 4 nitrogen and oxygen atoms in total. The van der Waals surface area contributed by atoms with Crippen LogP contribution in [0.15, 0.2) is 30.3 Å². The van der Waals surface area contributed by atoms with Gasteiger partial charge in [-0.15, -0.1) is 0 Å². The number of hydrogen-bond donors (Lipinski definition) is 2. The van der Waals surface area contributed by atoms with Crippen LogP contribution in [0.5, 0.6) is 0 Å². The fourth-order valence-electron chi connectivity index (χ4n) is 3.11. The first-order valence-corrected chi connectivity index (χ1v) is 8.41. The van der Waals surface area contributed by atoms with Crippen molar-refractivity contribution in [2.24, 2.45) is 5.92 Å². The Hall–Kier alpha value is -1.39. The fraction of sp³-hybridized carbons (Fsp3) is 0.611. The van der Waals surface area contributed by atoms with Crippen molar-refractivity contribution in [1.82, 2.24) is 15.5 Å². The lowest BCUT2D eigenvalue weighted by molar-refractivity contribution is -0.124. The molecule has 0 bridgehead atoms. The number of benzene rings is 1. The van der Waals surface area contributed by atoms with Crippen LogP contribution in [0.1, 0.15) is 31.7 Å². The van der Waals surface area contributed by atoms with Gasteiger partial charge in [0.05, 0.1) is 0 Å². The Balaban J connectivity index is 1.86. The molecule has 0 aromatic heterocycles. The summed E-state index contributed by atoms with van der Waals surface area (Å²) in [5.41, 5.74) is 1.35. The summed E-state index contributed by atoms with van der Waals surface area (Å²) in [6.45, 7) is 5.56. The zero-order valence-corrected chi connectivity index (χ0v) is 13.8. The Bertz CT molecular complexity index is 449. The lowest BCUT2D eigenvalue weighted by atomic mass is 10.0. The highest BCUT2D eigenvalue weighted by Crippen LogP contribution is 2.19. The quantitative estimate of drug-likeness (QED) is 0.810. The van der Waals surface area contributed by atoms with E-state index in [0.717, 1.165) is 26.2 Å². The average Bonchev–Trinajstić information content (AvgIpc) is 2.55. The van der Waals surface area contributed by atoms with Crippen LogP contribution in [0.25, 0.3) is 0 Å². The minimum Gasteiger partial charge on any atom is -0.354 e. The first-order valence-electron chi connectivity index (χ1n) is 8.41. The van der Waals surface area contributed by atoms with E-state index in [1.165, 1.54) is 24.8 Å². The molecule has 0 radical (unpaired) electrons. The number of carbonyl (C=O) groups excluding carboxylic acids is 1. The molecule has 1 aromatic rings. The van der Waals surface area contributed by atoms with Crippen LogP contribution in [-0.2, 0) is 11.3 Å². The molecular weight excluding hydrogens is 274 g/mol. The Morgan fingerprint density at radius 1 is 1.32 bits per heavy atom. The largest absolute Gasteiger partial charge is 0.354 e. The molecule has 1 fully saturated rings. The van der Waals surface area contributed by atoms with Crippen LogP contribution in [0.2, 0.25) is 0 Å². The summed E-state index contributed by atoms with van der Waals surface area (Å²) in [7, 11) is 1.88. The number of nitrogens with zero attached hydrogens (tertiary/aromatic N) is 1. The maximum Gasteiger partial charge on any atom is 0.224 e. The third-order valence-corrected chi connectivity index (χ3v) is 4.45. The first-order chi connectivity index (χ1) is 10.7. The molecular formula is C18H29N3O. The summed E-state index contributed by atoms with van der Waals surface area (Å²) in [4.78, 5) is 14.6. The van der Waals surface area contributed by atoms with Gasteiger partial charge in [-0.3, -0.25) is 9.69 Å². The number of amides is 1. The summed E-state index contributed by atoms with van der Waals surface area (Å²) < 4.78 is 0. The molecule has 1 aromatic carbocycles. The van der Waals surface area contributed by atoms with Gasteiger partial charge in [0.15, 0.2) is 0 Å². The van der Waals surface area contributed by atoms with Gasteiger partial charge in [0.25, 0.3) is 0 Å². The normalized spacial score (nSPS) is 20.5. The summed E-state index contributed by atoms with van der Waals surface area (Å²) in [6, 6.07) is 11.1. The molecule has 0 aliphatic carbocycles. The summed E-state index contributed by atoms with van der Waals surface area (Å²) >= 11 is 0. The highest BCUT2D eigenvalue weighted by Gasteiger charge is 2.23. The summed E-state index contributed by atoms with van der Waals surface area (Å²) in [5.74, 6) is 0.177. The highest BCUT2D eigenvalue weighted by molar-refractivity contribution is 5.78. The lowest BCUT2D eigenvalue weighted by Crippen LogP contribution is -2.47. The van der Waals surface area contributed by atoms with Gasteiger partial charge in [0, 0.05) is 31.6 Å². The molecule has 0 saturated carbocycles. The predicted molar refractivity (Wildman–Crippen MR) is 90.6 cm³/mol. The number of likely N-dealkylation sites (tertiary alicyclic amines) is 1. The lowest BCUT2D eigenvalue weighted by Gasteiger charge is -2.36. The molecule has 2 N–H and O–H groups in total. The van der Waals surface area contributed by atoms with E-state index in [4.69, 9.17) is 0 Å². The molecule has 1 saturated heterocycles. The first kappa shape index (κ1) is 17.0. The van der Waals surface area contributed by atoms with Crippen LogP contribution in [0.4, 0.5) is 0 Å². The zero-order valence-electron chi connectivity index (χ0n) is 13.8. The third-order valence-electron chi connectivity index (χ3n) is 4.45. The second-order valence-electron chi connectivity index (χ2n) is 6.31. The maximum atomic E-state index is 12.1. The molecule has 1 aliphatic rings. The minimum atomic E-state index is 0.0242. The summed E-state index contributed by atoms with van der Waals surface area (Å²) in [6.07, 6.45) is 3.69.